The number of nitro groups is 1. The van der Waals surface area contributed by atoms with Crippen LogP contribution in [0.3, 0.4) is 0 Å². The minimum Gasteiger partial charge on any atom is -0.506 e. The zero-order valence-corrected chi connectivity index (χ0v) is 22.0. The summed E-state index contributed by atoms with van der Waals surface area (Å²) in [7, 11) is 7.23. The first-order valence-corrected chi connectivity index (χ1v) is 11.4. The van der Waals surface area contributed by atoms with Crippen LogP contribution in [0.4, 0.5) is 11.4 Å². The Kier molecular flexibility index (Phi) is 9.36. The molecule has 0 aromatic heterocycles. The van der Waals surface area contributed by atoms with Gasteiger partial charge in [0.2, 0.25) is 17.4 Å². The number of hydrogen-bond acceptors (Lipinski definition) is 9. The van der Waals surface area contributed by atoms with Crippen LogP contribution in [0.5, 0.6) is 34.5 Å². The smallest absolute Gasteiger partial charge is 0.315 e. The number of rotatable bonds is 11. The van der Waals surface area contributed by atoms with E-state index in [9.17, 15) is 20.0 Å². The largest absolute Gasteiger partial charge is 0.506 e. The molecule has 3 aromatic rings. The summed E-state index contributed by atoms with van der Waals surface area (Å²) in [4.78, 5) is 23.4. The Hall–Kier alpha value is -5.19. The molecule has 0 spiro atoms. The van der Waals surface area contributed by atoms with E-state index in [1.165, 1.54) is 65.9 Å². The van der Waals surface area contributed by atoms with E-state index in [1.54, 1.807) is 30.3 Å². The molecule has 0 aliphatic rings. The second kappa shape index (κ2) is 12.9. The van der Waals surface area contributed by atoms with Gasteiger partial charge in [-0.1, -0.05) is 18.2 Å². The highest BCUT2D eigenvalue weighted by Crippen LogP contribution is 2.39. The van der Waals surface area contributed by atoms with Crippen molar-refractivity contribution in [2.75, 3.05) is 40.9 Å². The van der Waals surface area contributed by atoms with Gasteiger partial charge >= 0.3 is 5.69 Å². The molecule has 2 N–H and O–H groups in total. The summed E-state index contributed by atoms with van der Waals surface area (Å²) in [5.74, 6) is 0.907. The van der Waals surface area contributed by atoms with Gasteiger partial charge in [0.05, 0.1) is 46.2 Å². The van der Waals surface area contributed by atoms with Crippen LogP contribution < -0.4 is 29.0 Å². The highest BCUT2D eigenvalue weighted by molar-refractivity contribution is 6.03. The normalized spacial score (nSPS) is 10.9. The third-order valence-corrected chi connectivity index (χ3v) is 5.54. The molecule has 0 aliphatic heterocycles. The maximum absolute atomic E-state index is 12.6. The number of nitro benzene ring substituents is 1. The van der Waals surface area contributed by atoms with Gasteiger partial charge in [-0.05, 0) is 53.1 Å². The van der Waals surface area contributed by atoms with Gasteiger partial charge in [-0.15, -0.1) is 0 Å². The molecule has 0 aliphatic carbocycles. The summed E-state index contributed by atoms with van der Waals surface area (Å²) in [6.45, 7) is 0. The topological polar surface area (TPSA) is 139 Å². The molecule has 204 valence electrons. The molecular weight excluding hydrogens is 508 g/mol. The second-order valence-corrected chi connectivity index (χ2v) is 7.92. The molecule has 0 bridgehead atoms. The van der Waals surface area contributed by atoms with E-state index < -0.39 is 10.8 Å². The second-order valence-electron chi connectivity index (χ2n) is 7.92. The number of nitrogens with zero attached hydrogens (tertiary/aromatic N) is 1. The Morgan fingerprint density at radius 2 is 1.31 bits per heavy atom. The molecule has 0 atom stereocenters. The van der Waals surface area contributed by atoms with Crippen molar-refractivity contribution < 1.29 is 38.5 Å². The predicted molar refractivity (Wildman–Crippen MR) is 147 cm³/mol. The number of amides is 1. The Morgan fingerprint density at radius 1 is 0.769 bits per heavy atom. The van der Waals surface area contributed by atoms with Gasteiger partial charge in [0, 0.05) is 12.1 Å². The third-order valence-electron chi connectivity index (χ3n) is 5.54. The first-order valence-electron chi connectivity index (χ1n) is 11.4. The molecule has 0 heterocycles. The van der Waals surface area contributed by atoms with E-state index in [0.29, 0.717) is 28.4 Å². The average Bonchev–Trinajstić information content (AvgIpc) is 2.94. The summed E-state index contributed by atoms with van der Waals surface area (Å²) >= 11 is 0. The molecule has 0 saturated carbocycles. The van der Waals surface area contributed by atoms with Crippen LogP contribution in [-0.2, 0) is 4.79 Å². The molecule has 0 radical (unpaired) electrons. The van der Waals surface area contributed by atoms with Gasteiger partial charge in [0.25, 0.3) is 0 Å². The van der Waals surface area contributed by atoms with Crippen LogP contribution in [-0.4, -0.2) is 51.5 Å². The SMILES string of the molecule is COc1cc(C=Cc2ccc(O)c(NC(=O)/C=C/c3cc(OC)c(OC)c([N+](=O)[O-])c3)c2)cc(OC)c1OC. The van der Waals surface area contributed by atoms with Crippen LogP contribution in [0.1, 0.15) is 16.7 Å². The number of phenols is 1. The Balaban J connectivity index is 1.81. The molecule has 1 amide bonds. The first-order chi connectivity index (χ1) is 18.7. The number of phenolic OH excluding ortho intramolecular Hbond substituents is 1. The van der Waals surface area contributed by atoms with Crippen molar-refractivity contribution >= 4 is 35.5 Å². The van der Waals surface area contributed by atoms with E-state index in [1.807, 2.05) is 6.08 Å². The average molecular weight is 537 g/mol. The van der Waals surface area contributed by atoms with Gasteiger partial charge in [-0.2, -0.15) is 0 Å². The summed E-state index contributed by atoms with van der Waals surface area (Å²) in [6.07, 6.45) is 6.17. The van der Waals surface area contributed by atoms with Crippen molar-refractivity contribution in [2.24, 2.45) is 0 Å². The van der Waals surface area contributed by atoms with E-state index in [2.05, 4.69) is 5.32 Å². The summed E-state index contributed by atoms with van der Waals surface area (Å²) in [5.41, 5.74) is 1.68. The van der Waals surface area contributed by atoms with E-state index >= 15 is 0 Å². The molecular formula is C28H28N2O9. The minimum atomic E-state index is -0.603. The van der Waals surface area contributed by atoms with Gasteiger partial charge in [0.15, 0.2) is 17.2 Å². The lowest BCUT2D eigenvalue weighted by molar-refractivity contribution is -0.385. The lowest BCUT2D eigenvalue weighted by Crippen LogP contribution is -2.08. The fourth-order valence-corrected chi connectivity index (χ4v) is 3.69. The maximum Gasteiger partial charge on any atom is 0.315 e. The predicted octanol–water partition coefficient (Wildman–Crippen LogP) is 5.17. The highest BCUT2D eigenvalue weighted by atomic mass is 16.6. The van der Waals surface area contributed by atoms with Crippen LogP contribution in [0.2, 0.25) is 0 Å². The van der Waals surface area contributed by atoms with Crippen molar-refractivity contribution in [3.05, 3.63) is 75.3 Å². The molecule has 11 heteroatoms. The minimum absolute atomic E-state index is 0.0228. The van der Waals surface area contributed by atoms with Crippen molar-refractivity contribution in [3.8, 4) is 34.5 Å². The lowest BCUT2D eigenvalue weighted by Gasteiger charge is -2.12. The Bertz CT molecular complexity index is 1410. The fraction of sp³-hybridized carbons (Fsp3) is 0.179. The van der Waals surface area contributed by atoms with Gasteiger partial charge < -0.3 is 34.1 Å². The Labute approximate surface area is 225 Å². The summed E-state index contributed by atoms with van der Waals surface area (Å²) in [6, 6.07) is 11.0. The molecule has 3 aromatic carbocycles. The highest BCUT2D eigenvalue weighted by Gasteiger charge is 2.21. The monoisotopic (exact) mass is 536 g/mol. The first kappa shape index (κ1) is 28.4. The standard InChI is InChI=1S/C28H28N2O9/c1-35-23-14-18(13-21(30(33)34)27(23)38-4)9-11-26(32)29-20-12-17(8-10-22(20)31)6-7-19-15-24(36-2)28(39-5)25(16-19)37-3/h6-16,31H,1-5H3,(H,29,32)/b7-6?,11-9+. The number of ether oxygens (including phenoxy) is 5. The number of anilines is 1. The number of methoxy groups -OCH3 is 5. The van der Waals surface area contributed by atoms with Crippen LogP contribution >= 0.6 is 0 Å². The van der Waals surface area contributed by atoms with Crippen molar-refractivity contribution in [1.29, 1.82) is 0 Å². The molecule has 11 nitrogen and oxygen atoms in total. The fourth-order valence-electron chi connectivity index (χ4n) is 3.69. The van der Waals surface area contributed by atoms with Gasteiger partial charge in [-0.25, -0.2) is 0 Å². The quantitative estimate of drug-likeness (QED) is 0.112. The number of carbonyl (C=O) groups is 1. The number of aromatic hydroxyl groups is 1. The van der Waals surface area contributed by atoms with Crippen LogP contribution in [0, 0.1) is 10.1 Å². The molecule has 39 heavy (non-hydrogen) atoms. The molecule has 0 unspecified atom stereocenters. The van der Waals surface area contributed by atoms with Crippen LogP contribution in [0.15, 0.2) is 48.5 Å². The van der Waals surface area contributed by atoms with E-state index in [0.717, 1.165) is 5.56 Å². The van der Waals surface area contributed by atoms with E-state index in [4.69, 9.17) is 23.7 Å². The zero-order valence-electron chi connectivity index (χ0n) is 22.0. The lowest BCUT2D eigenvalue weighted by atomic mass is 10.1. The number of benzene rings is 3. The summed E-state index contributed by atoms with van der Waals surface area (Å²) in [5, 5.41) is 24.3. The summed E-state index contributed by atoms with van der Waals surface area (Å²) < 4.78 is 26.3. The van der Waals surface area contributed by atoms with Gasteiger partial charge in [0.1, 0.15) is 5.75 Å². The molecule has 0 saturated heterocycles. The number of hydrogen-bond donors (Lipinski definition) is 2. The zero-order chi connectivity index (χ0) is 28.5. The third kappa shape index (κ3) is 6.77. The maximum atomic E-state index is 12.6. The number of carbonyl (C=O) groups excluding carboxylic acids is 1. The van der Waals surface area contributed by atoms with Crippen molar-refractivity contribution in [1.82, 2.24) is 0 Å². The van der Waals surface area contributed by atoms with E-state index in [-0.39, 0.29) is 28.6 Å². The molecule has 3 rings (SSSR count). The van der Waals surface area contributed by atoms with Gasteiger partial charge in [-0.3, -0.25) is 14.9 Å². The van der Waals surface area contributed by atoms with Crippen molar-refractivity contribution in [3.63, 3.8) is 0 Å². The van der Waals surface area contributed by atoms with Crippen molar-refractivity contribution in [2.45, 2.75) is 0 Å². The van der Waals surface area contributed by atoms with Crippen LogP contribution in [0.25, 0.3) is 18.2 Å². The Morgan fingerprint density at radius 3 is 1.85 bits per heavy atom. The number of nitrogens with one attached hydrogen (secondary N) is 1. The molecule has 0 fully saturated rings.